The van der Waals surface area contributed by atoms with Gasteiger partial charge in [0.05, 0.1) is 0 Å². The number of rotatable bonds is 1. The molecule has 112 valence electrons. The monoisotopic (exact) mass is 294 g/mol. The van der Waals surface area contributed by atoms with Crippen molar-refractivity contribution in [2.24, 2.45) is 0 Å². The molecule has 0 amide bonds. The van der Waals surface area contributed by atoms with Crippen LogP contribution in [0.5, 0.6) is 0 Å². The van der Waals surface area contributed by atoms with Crippen LogP contribution in [0.1, 0.15) is 42.1 Å². The van der Waals surface area contributed by atoms with Gasteiger partial charge >= 0.3 is 0 Å². The largest absolute Gasteiger partial charge is 0.358 e. The number of nitrogens with one attached hydrogen (secondary N) is 1. The standard InChI is InChI=1S/C19H19FN2/c20-19-10-4-9-16(22-19)13-5-3-7-15-14-6-1-2-8-17(14)21-18(15)12-11-13/h1-2,4,6,8-10,13,21H,3,5,7,11-12H2. The molecule has 1 aliphatic carbocycles. The third-order valence-corrected chi connectivity index (χ3v) is 4.78. The van der Waals surface area contributed by atoms with Crippen molar-refractivity contribution in [2.75, 3.05) is 0 Å². The smallest absolute Gasteiger partial charge is 0.213 e. The summed E-state index contributed by atoms with van der Waals surface area (Å²) < 4.78 is 13.4. The minimum absolute atomic E-state index is 0.357. The number of aromatic nitrogens is 2. The summed E-state index contributed by atoms with van der Waals surface area (Å²) in [5.41, 5.74) is 4.96. The van der Waals surface area contributed by atoms with Gasteiger partial charge in [0, 0.05) is 28.2 Å². The quantitative estimate of drug-likeness (QED) is 0.644. The van der Waals surface area contributed by atoms with Crippen LogP contribution in [-0.4, -0.2) is 9.97 Å². The van der Waals surface area contributed by atoms with E-state index in [-0.39, 0.29) is 5.95 Å². The first-order valence-corrected chi connectivity index (χ1v) is 8.02. The number of halogens is 1. The molecule has 3 heteroatoms. The molecule has 1 atom stereocenters. The number of hydrogen-bond donors (Lipinski definition) is 1. The first-order valence-electron chi connectivity index (χ1n) is 8.02. The van der Waals surface area contributed by atoms with Crippen LogP contribution in [0.25, 0.3) is 10.9 Å². The highest BCUT2D eigenvalue weighted by atomic mass is 19.1. The third-order valence-electron chi connectivity index (χ3n) is 4.78. The third kappa shape index (κ3) is 2.41. The lowest BCUT2D eigenvalue weighted by Crippen LogP contribution is -2.09. The number of H-pyrrole nitrogens is 1. The highest BCUT2D eigenvalue weighted by molar-refractivity contribution is 5.84. The maximum Gasteiger partial charge on any atom is 0.213 e. The van der Waals surface area contributed by atoms with Gasteiger partial charge in [-0.3, -0.25) is 0 Å². The molecule has 1 unspecified atom stereocenters. The minimum atomic E-state index is -0.370. The average molecular weight is 294 g/mol. The molecule has 0 saturated heterocycles. The molecule has 1 N–H and O–H groups in total. The maximum atomic E-state index is 13.4. The van der Waals surface area contributed by atoms with E-state index in [1.165, 1.54) is 28.2 Å². The van der Waals surface area contributed by atoms with Crippen molar-refractivity contribution in [3.8, 4) is 0 Å². The van der Waals surface area contributed by atoms with Crippen molar-refractivity contribution in [1.29, 1.82) is 0 Å². The molecular weight excluding hydrogens is 275 g/mol. The van der Waals surface area contributed by atoms with Crippen molar-refractivity contribution in [3.63, 3.8) is 0 Å². The lowest BCUT2D eigenvalue weighted by atomic mass is 9.87. The average Bonchev–Trinajstić information content (AvgIpc) is 2.84. The number of nitrogens with zero attached hydrogens (tertiary/aromatic N) is 1. The van der Waals surface area contributed by atoms with E-state index < -0.39 is 0 Å². The topological polar surface area (TPSA) is 28.7 Å². The molecule has 0 aliphatic heterocycles. The highest BCUT2D eigenvalue weighted by Gasteiger charge is 2.20. The van der Waals surface area contributed by atoms with Gasteiger partial charge in [0.15, 0.2) is 0 Å². The summed E-state index contributed by atoms with van der Waals surface area (Å²) in [4.78, 5) is 7.66. The Balaban J connectivity index is 1.64. The first-order chi connectivity index (χ1) is 10.8. The van der Waals surface area contributed by atoms with E-state index in [2.05, 4.69) is 34.2 Å². The van der Waals surface area contributed by atoms with Gasteiger partial charge in [-0.25, -0.2) is 4.98 Å². The second kappa shape index (κ2) is 5.56. The van der Waals surface area contributed by atoms with Gasteiger partial charge in [-0.2, -0.15) is 4.39 Å². The van der Waals surface area contributed by atoms with E-state index in [9.17, 15) is 4.39 Å². The van der Waals surface area contributed by atoms with E-state index in [0.717, 1.165) is 37.8 Å². The molecule has 0 bridgehead atoms. The highest BCUT2D eigenvalue weighted by Crippen LogP contribution is 2.33. The second-order valence-electron chi connectivity index (χ2n) is 6.14. The molecule has 0 saturated carbocycles. The Morgan fingerprint density at radius 1 is 1.00 bits per heavy atom. The van der Waals surface area contributed by atoms with E-state index in [4.69, 9.17) is 0 Å². The number of aryl methyl sites for hydroxylation is 2. The molecule has 2 nitrogen and oxygen atoms in total. The zero-order valence-electron chi connectivity index (χ0n) is 12.5. The predicted octanol–water partition coefficient (Wildman–Crippen LogP) is 4.75. The Morgan fingerprint density at radius 2 is 1.91 bits per heavy atom. The Labute approximate surface area is 129 Å². The molecule has 2 aromatic heterocycles. The van der Waals surface area contributed by atoms with Crippen LogP contribution in [0.4, 0.5) is 4.39 Å². The maximum absolute atomic E-state index is 13.4. The van der Waals surface area contributed by atoms with E-state index in [1.54, 1.807) is 6.07 Å². The van der Waals surface area contributed by atoms with E-state index >= 15 is 0 Å². The number of fused-ring (bicyclic) bond motifs is 3. The summed E-state index contributed by atoms with van der Waals surface area (Å²) in [5.74, 6) is -0.0128. The fraction of sp³-hybridized carbons (Fsp3) is 0.316. The summed E-state index contributed by atoms with van der Waals surface area (Å²) in [6, 6.07) is 13.7. The van der Waals surface area contributed by atoms with Crippen molar-refractivity contribution in [3.05, 3.63) is 65.4 Å². The van der Waals surface area contributed by atoms with Crippen molar-refractivity contribution in [2.45, 2.75) is 38.0 Å². The van der Waals surface area contributed by atoms with Crippen LogP contribution in [0.15, 0.2) is 42.5 Å². The van der Waals surface area contributed by atoms with Crippen LogP contribution in [0.2, 0.25) is 0 Å². The van der Waals surface area contributed by atoms with Crippen LogP contribution in [0, 0.1) is 5.95 Å². The van der Waals surface area contributed by atoms with Crippen molar-refractivity contribution in [1.82, 2.24) is 9.97 Å². The molecule has 3 aromatic rings. The first kappa shape index (κ1) is 13.5. The second-order valence-corrected chi connectivity index (χ2v) is 6.14. The summed E-state index contributed by atoms with van der Waals surface area (Å²) in [6.07, 6.45) is 5.32. The van der Waals surface area contributed by atoms with Crippen LogP contribution in [0.3, 0.4) is 0 Å². The molecule has 1 aliphatic rings. The molecule has 0 spiro atoms. The van der Waals surface area contributed by atoms with Gasteiger partial charge in [-0.05, 0) is 55.9 Å². The molecule has 1 aromatic carbocycles. The Kier molecular flexibility index (Phi) is 3.41. The Bertz CT molecular complexity index is 806. The fourth-order valence-electron chi connectivity index (χ4n) is 3.69. The zero-order valence-corrected chi connectivity index (χ0v) is 12.5. The zero-order chi connectivity index (χ0) is 14.9. The van der Waals surface area contributed by atoms with Gasteiger partial charge in [0.25, 0.3) is 0 Å². The summed E-state index contributed by atoms with van der Waals surface area (Å²) in [7, 11) is 0. The lowest BCUT2D eigenvalue weighted by molar-refractivity contribution is 0.505. The SMILES string of the molecule is Fc1cccc(C2CCCc3c([nH]c4ccccc34)CC2)n1. The summed E-state index contributed by atoms with van der Waals surface area (Å²) >= 11 is 0. The summed E-state index contributed by atoms with van der Waals surface area (Å²) in [6.45, 7) is 0. The number of pyridine rings is 1. The molecule has 0 fully saturated rings. The lowest BCUT2D eigenvalue weighted by Gasteiger charge is -2.19. The molecular formula is C19H19FN2. The van der Waals surface area contributed by atoms with Gasteiger partial charge in [0.2, 0.25) is 5.95 Å². The molecule has 0 radical (unpaired) electrons. The number of para-hydroxylation sites is 1. The molecule has 2 heterocycles. The number of aromatic amines is 1. The predicted molar refractivity (Wildman–Crippen MR) is 86.5 cm³/mol. The van der Waals surface area contributed by atoms with Gasteiger partial charge in [-0.15, -0.1) is 0 Å². The van der Waals surface area contributed by atoms with Crippen LogP contribution in [-0.2, 0) is 12.8 Å². The van der Waals surface area contributed by atoms with Crippen molar-refractivity contribution < 1.29 is 4.39 Å². The Morgan fingerprint density at radius 3 is 2.82 bits per heavy atom. The minimum Gasteiger partial charge on any atom is -0.358 e. The van der Waals surface area contributed by atoms with E-state index in [0.29, 0.717) is 5.92 Å². The number of hydrogen-bond acceptors (Lipinski definition) is 1. The molecule has 22 heavy (non-hydrogen) atoms. The van der Waals surface area contributed by atoms with Gasteiger partial charge < -0.3 is 4.98 Å². The fourth-order valence-corrected chi connectivity index (χ4v) is 3.69. The van der Waals surface area contributed by atoms with Gasteiger partial charge in [-0.1, -0.05) is 24.3 Å². The molecule has 4 rings (SSSR count). The van der Waals surface area contributed by atoms with Crippen LogP contribution >= 0.6 is 0 Å². The summed E-state index contributed by atoms with van der Waals surface area (Å²) in [5, 5.41) is 1.36. The van der Waals surface area contributed by atoms with Crippen LogP contribution < -0.4 is 0 Å². The van der Waals surface area contributed by atoms with Gasteiger partial charge in [0.1, 0.15) is 0 Å². The number of benzene rings is 1. The van der Waals surface area contributed by atoms with Crippen molar-refractivity contribution >= 4 is 10.9 Å². The normalized spacial score (nSPS) is 18.7. The van der Waals surface area contributed by atoms with E-state index in [1.807, 2.05) is 6.07 Å². The Hall–Kier alpha value is -2.16.